The van der Waals surface area contributed by atoms with Crippen molar-refractivity contribution >= 4 is 55.8 Å². The number of aromatic amines is 1. The lowest BCUT2D eigenvalue weighted by atomic mass is 9.85. The minimum absolute atomic E-state index is 0.00489. The van der Waals surface area contributed by atoms with Crippen LogP contribution in [0.3, 0.4) is 0 Å². The lowest BCUT2D eigenvalue weighted by molar-refractivity contribution is -0.127. The fraction of sp³-hybridized carbons (Fsp3) is 0.333. The summed E-state index contributed by atoms with van der Waals surface area (Å²) in [7, 11) is 1.83. The Morgan fingerprint density at radius 2 is 1.96 bits per heavy atom. The average molecular weight is 730 g/mol. The van der Waals surface area contributed by atoms with Crippen molar-refractivity contribution in [2.75, 3.05) is 25.0 Å². The maximum Gasteiger partial charge on any atom is 0.338 e. The smallest absolute Gasteiger partial charge is 0.338 e. The van der Waals surface area contributed by atoms with E-state index in [1.165, 1.54) is 33.5 Å². The summed E-state index contributed by atoms with van der Waals surface area (Å²) in [6.45, 7) is 2.92. The third kappa shape index (κ3) is 6.35. The lowest BCUT2D eigenvalue weighted by Gasteiger charge is -2.46. The van der Waals surface area contributed by atoms with Gasteiger partial charge in [-0.1, -0.05) is 23.4 Å². The van der Waals surface area contributed by atoms with Crippen molar-refractivity contribution in [1.29, 1.82) is 5.26 Å². The number of likely N-dealkylation sites (tertiary alicyclic amines) is 1. The third-order valence-corrected chi connectivity index (χ3v) is 11.0. The molecule has 0 unspecified atom stereocenters. The van der Waals surface area contributed by atoms with E-state index < -0.39 is 23.0 Å². The van der Waals surface area contributed by atoms with Crippen molar-refractivity contribution in [3.63, 3.8) is 0 Å². The number of alkyl halides is 2. The molecule has 5 aromatic rings. The van der Waals surface area contributed by atoms with Crippen LogP contribution in [-0.2, 0) is 6.54 Å². The van der Waals surface area contributed by atoms with E-state index in [-0.39, 0.29) is 59.0 Å². The number of nitrogens with one attached hydrogen (secondary N) is 1. The fourth-order valence-electron chi connectivity index (χ4n) is 7.02. The zero-order valence-electron chi connectivity index (χ0n) is 27.5. The van der Waals surface area contributed by atoms with Gasteiger partial charge in [-0.25, -0.2) is 23.5 Å². The van der Waals surface area contributed by atoms with Crippen molar-refractivity contribution in [3.05, 3.63) is 84.1 Å². The van der Waals surface area contributed by atoms with E-state index in [1.54, 1.807) is 25.1 Å². The molecule has 0 bridgehead atoms. The van der Waals surface area contributed by atoms with E-state index in [4.69, 9.17) is 11.6 Å². The second kappa shape index (κ2) is 13.2. The predicted octanol–water partition coefficient (Wildman–Crippen LogP) is 5.64. The molecule has 1 aromatic carbocycles. The summed E-state index contributed by atoms with van der Waals surface area (Å²) in [5, 5.41) is 21.9. The highest BCUT2D eigenvalue weighted by molar-refractivity contribution is 7.18. The first-order valence-corrected chi connectivity index (χ1v) is 17.4. The van der Waals surface area contributed by atoms with Crippen molar-refractivity contribution in [2.24, 2.45) is 0 Å². The summed E-state index contributed by atoms with van der Waals surface area (Å²) >= 11 is 7.52. The van der Waals surface area contributed by atoms with E-state index >= 15 is 0 Å². The minimum Gasteiger partial charge on any atom is -0.478 e. The maximum atomic E-state index is 14.0. The lowest BCUT2D eigenvalue weighted by Crippen LogP contribution is -2.55. The summed E-state index contributed by atoms with van der Waals surface area (Å²) in [5.41, 5.74) is 1.12. The van der Waals surface area contributed by atoms with Crippen LogP contribution in [0.15, 0.2) is 45.4 Å². The molecule has 11 nitrogen and oxygen atoms in total. The number of hydrogen-bond donors (Lipinski definition) is 2. The molecule has 1 saturated heterocycles. The molecule has 4 aromatic heterocycles. The molecule has 1 aliphatic heterocycles. The number of thiophene rings is 1. The van der Waals surface area contributed by atoms with Gasteiger partial charge in [-0.3, -0.25) is 19.1 Å². The minimum atomic E-state index is -2.57. The Balaban J connectivity index is 1.19. The summed E-state index contributed by atoms with van der Waals surface area (Å²) in [5.74, 6) is 3.09. The van der Waals surface area contributed by atoms with Gasteiger partial charge in [0.1, 0.15) is 23.3 Å². The normalized spacial score (nSPS) is 16.4. The van der Waals surface area contributed by atoms with E-state index in [0.29, 0.717) is 64.0 Å². The summed E-state index contributed by atoms with van der Waals surface area (Å²) < 4.78 is 28.8. The van der Waals surface area contributed by atoms with Crippen molar-refractivity contribution in [2.45, 2.75) is 57.2 Å². The molecule has 0 amide bonds. The van der Waals surface area contributed by atoms with E-state index in [9.17, 15) is 33.5 Å². The number of aromatic nitrogens is 4. The molecule has 2 aliphatic rings. The van der Waals surface area contributed by atoms with Crippen LogP contribution in [0.1, 0.15) is 53.0 Å². The van der Waals surface area contributed by atoms with Gasteiger partial charge in [0.2, 0.25) is 5.56 Å². The number of nitrogens with zero attached hydrogens (tertiary/aromatic N) is 6. The zero-order valence-corrected chi connectivity index (χ0v) is 29.0. The van der Waals surface area contributed by atoms with Crippen LogP contribution in [0.5, 0.6) is 0 Å². The maximum absolute atomic E-state index is 14.0. The Bertz CT molecular complexity index is 2460. The van der Waals surface area contributed by atoms with Crippen LogP contribution in [-0.4, -0.2) is 73.6 Å². The largest absolute Gasteiger partial charge is 0.478 e. The Morgan fingerprint density at radius 3 is 2.65 bits per heavy atom. The van der Waals surface area contributed by atoms with Crippen LogP contribution in [0.2, 0.25) is 5.02 Å². The van der Waals surface area contributed by atoms with Crippen LogP contribution >= 0.6 is 22.9 Å². The predicted molar refractivity (Wildman–Crippen MR) is 191 cm³/mol. The van der Waals surface area contributed by atoms with E-state index in [1.807, 2.05) is 11.9 Å². The zero-order chi connectivity index (χ0) is 36.2. The van der Waals surface area contributed by atoms with Gasteiger partial charge in [0.15, 0.2) is 0 Å². The van der Waals surface area contributed by atoms with Crippen LogP contribution in [0, 0.1) is 30.1 Å². The second-order valence-corrected chi connectivity index (χ2v) is 14.2. The highest BCUT2D eigenvalue weighted by Gasteiger charge is 2.48. The number of anilines is 1. The van der Waals surface area contributed by atoms with Gasteiger partial charge in [-0.05, 0) is 38.0 Å². The van der Waals surface area contributed by atoms with E-state index in [0.717, 1.165) is 0 Å². The Morgan fingerprint density at radius 1 is 1.22 bits per heavy atom. The molecule has 51 heavy (non-hydrogen) atoms. The number of H-pyrrole nitrogens is 1. The highest BCUT2D eigenvalue weighted by atomic mass is 35.5. The number of aromatic carboxylic acids is 1. The number of fused-ring (bicyclic) bond motifs is 2. The van der Waals surface area contributed by atoms with Crippen LogP contribution in [0.4, 0.5) is 14.6 Å². The number of carbonyl (C=O) groups is 1. The summed E-state index contributed by atoms with van der Waals surface area (Å²) in [4.78, 5) is 54.1. The quantitative estimate of drug-likeness (QED) is 0.212. The molecule has 260 valence electrons. The number of hydrogen-bond acceptors (Lipinski definition) is 9. The van der Waals surface area contributed by atoms with Gasteiger partial charge >= 0.3 is 5.97 Å². The summed E-state index contributed by atoms with van der Waals surface area (Å²) in [6, 6.07) is 8.43. The molecule has 0 radical (unpaired) electrons. The number of carboxylic acid groups (broad SMARTS) is 1. The molecule has 2 N–H and O–H groups in total. The Labute approximate surface area is 298 Å². The Hall–Kier alpha value is -5.15. The van der Waals surface area contributed by atoms with Gasteiger partial charge in [-0.15, -0.1) is 11.3 Å². The second-order valence-electron chi connectivity index (χ2n) is 12.9. The molecule has 1 saturated carbocycles. The van der Waals surface area contributed by atoms with Gasteiger partial charge < -0.3 is 15.0 Å². The molecule has 5 heterocycles. The fourth-order valence-corrected chi connectivity index (χ4v) is 8.22. The first-order chi connectivity index (χ1) is 24.3. The monoisotopic (exact) mass is 729 g/mol. The van der Waals surface area contributed by atoms with Gasteiger partial charge in [0.25, 0.3) is 11.5 Å². The number of aryl methyl sites for hydroxylation is 1. The highest BCUT2D eigenvalue weighted by Crippen LogP contribution is 2.41. The van der Waals surface area contributed by atoms with Crippen molar-refractivity contribution < 1.29 is 18.7 Å². The van der Waals surface area contributed by atoms with Gasteiger partial charge in [-0.2, -0.15) is 5.26 Å². The molecule has 15 heteroatoms. The number of nitriles is 1. The number of pyridine rings is 2. The SMILES string of the molecule is Cc1nc2cnc(N(C)C3CCN(C4CC(F)(F)C4)CC3)c(C#N)c2c(=O)n1CC#Cc1ccc(Cl)cc1-c1cc(=O)[nH]c2c(C(=O)O)csc12. The third-order valence-electron chi connectivity index (χ3n) is 9.77. The topological polar surface area (TPSA) is 148 Å². The molecule has 0 spiro atoms. The molecule has 7 rings (SSSR count). The van der Waals surface area contributed by atoms with Crippen LogP contribution < -0.4 is 16.0 Å². The number of rotatable bonds is 6. The molecule has 0 atom stereocenters. The van der Waals surface area contributed by atoms with Gasteiger partial charge in [0, 0.05) is 78.2 Å². The van der Waals surface area contributed by atoms with E-state index in [2.05, 4.69) is 37.8 Å². The number of benzene rings is 1. The van der Waals surface area contributed by atoms with Crippen molar-refractivity contribution in [1.82, 2.24) is 24.4 Å². The van der Waals surface area contributed by atoms with Crippen molar-refractivity contribution in [3.8, 4) is 29.0 Å². The first kappa shape index (κ1) is 34.3. The number of piperidine rings is 1. The molecular weight excluding hydrogens is 700 g/mol. The van der Waals surface area contributed by atoms with Gasteiger partial charge in [0.05, 0.1) is 39.4 Å². The Kier molecular flexibility index (Phi) is 8.87. The van der Waals surface area contributed by atoms with Crippen LogP contribution in [0.25, 0.3) is 32.2 Å². The number of halogens is 3. The standard InChI is InChI=1S/C36H30ClF2N7O4S/c1-19-42-28-17-41-33(44(2)22-7-10-45(11-8-22)23-14-36(38,39)15-23)26(16-40)30(28)34(48)46(19)9-3-4-20-5-6-21(37)12-24(20)25-13-29(47)43-31-27(35(49)50)18-51-32(25)31/h5-6,12-13,17-18,22-23H,7-11,14-15H2,1-2H3,(H,43,47)(H,49,50). The number of carboxylic acids is 1. The molecule has 2 fully saturated rings. The molecular formula is C36H30ClF2N7O4S. The first-order valence-electron chi connectivity index (χ1n) is 16.2. The molecule has 1 aliphatic carbocycles. The summed E-state index contributed by atoms with van der Waals surface area (Å²) in [6.07, 6.45) is 2.69. The average Bonchev–Trinajstić information content (AvgIpc) is 3.52.